The van der Waals surface area contributed by atoms with Crippen molar-refractivity contribution in [3.8, 4) is 0 Å². The second-order valence-corrected chi connectivity index (χ2v) is 4.28. The van der Waals surface area contributed by atoms with E-state index in [4.69, 9.17) is 4.52 Å². The van der Waals surface area contributed by atoms with E-state index in [-0.39, 0.29) is 11.8 Å². The van der Waals surface area contributed by atoms with Crippen molar-refractivity contribution in [2.45, 2.75) is 26.9 Å². The van der Waals surface area contributed by atoms with E-state index in [9.17, 15) is 4.79 Å². The van der Waals surface area contributed by atoms with Gasteiger partial charge in [-0.05, 0) is 13.0 Å². The summed E-state index contributed by atoms with van der Waals surface area (Å²) >= 11 is 0. The van der Waals surface area contributed by atoms with Crippen LogP contribution in [0.4, 0.5) is 0 Å². The van der Waals surface area contributed by atoms with Crippen LogP contribution in [0.5, 0.6) is 0 Å². The van der Waals surface area contributed by atoms with Gasteiger partial charge in [0, 0.05) is 18.5 Å². The van der Waals surface area contributed by atoms with Crippen molar-refractivity contribution in [1.29, 1.82) is 0 Å². The SMILES string of the molecule is Cc1cc(CNC(=O)C(C)Cn2cccn2)on1. The van der Waals surface area contributed by atoms with E-state index in [1.54, 1.807) is 16.9 Å². The summed E-state index contributed by atoms with van der Waals surface area (Å²) < 4.78 is 6.76. The average molecular weight is 248 g/mol. The summed E-state index contributed by atoms with van der Waals surface area (Å²) in [6.07, 6.45) is 3.53. The Morgan fingerprint density at radius 2 is 2.44 bits per heavy atom. The van der Waals surface area contributed by atoms with Gasteiger partial charge in [-0.25, -0.2) is 0 Å². The van der Waals surface area contributed by atoms with Crippen LogP contribution in [0.25, 0.3) is 0 Å². The van der Waals surface area contributed by atoms with Crippen molar-refractivity contribution in [3.05, 3.63) is 36.0 Å². The van der Waals surface area contributed by atoms with Crippen LogP contribution in [0.2, 0.25) is 0 Å². The summed E-state index contributed by atoms with van der Waals surface area (Å²) in [6.45, 7) is 4.63. The van der Waals surface area contributed by atoms with Gasteiger partial charge in [0.2, 0.25) is 5.91 Å². The maximum atomic E-state index is 11.8. The van der Waals surface area contributed by atoms with Crippen LogP contribution < -0.4 is 5.32 Å². The highest BCUT2D eigenvalue weighted by Gasteiger charge is 2.14. The molecule has 1 amide bonds. The topological polar surface area (TPSA) is 73.0 Å². The third kappa shape index (κ3) is 3.19. The Kier molecular flexibility index (Phi) is 3.76. The first-order chi connectivity index (χ1) is 8.65. The molecule has 0 aromatic carbocycles. The summed E-state index contributed by atoms with van der Waals surface area (Å²) in [5, 5.41) is 10.6. The van der Waals surface area contributed by atoms with Gasteiger partial charge < -0.3 is 9.84 Å². The van der Waals surface area contributed by atoms with E-state index >= 15 is 0 Å². The first-order valence-electron chi connectivity index (χ1n) is 5.82. The molecule has 0 spiro atoms. The highest BCUT2D eigenvalue weighted by molar-refractivity contribution is 5.78. The Balaban J connectivity index is 1.80. The first-order valence-corrected chi connectivity index (χ1v) is 5.82. The Labute approximate surface area is 105 Å². The predicted molar refractivity (Wildman–Crippen MR) is 64.5 cm³/mol. The number of nitrogens with zero attached hydrogens (tertiary/aromatic N) is 3. The van der Waals surface area contributed by atoms with Crippen molar-refractivity contribution < 1.29 is 9.32 Å². The largest absolute Gasteiger partial charge is 0.359 e. The second-order valence-electron chi connectivity index (χ2n) is 4.28. The molecule has 6 nitrogen and oxygen atoms in total. The van der Waals surface area contributed by atoms with Crippen LogP contribution in [0.3, 0.4) is 0 Å². The van der Waals surface area contributed by atoms with E-state index in [1.165, 1.54) is 0 Å². The van der Waals surface area contributed by atoms with Crippen LogP contribution in [0.1, 0.15) is 18.4 Å². The monoisotopic (exact) mass is 248 g/mol. The number of aromatic nitrogens is 3. The van der Waals surface area contributed by atoms with Crippen molar-refractivity contribution in [3.63, 3.8) is 0 Å². The zero-order chi connectivity index (χ0) is 13.0. The number of hydrogen-bond donors (Lipinski definition) is 1. The molecule has 6 heteroatoms. The minimum atomic E-state index is -0.145. The third-order valence-electron chi connectivity index (χ3n) is 2.58. The maximum absolute atomic E-state index is 11.8. The Hall–Kier alpha value is -2.11. The number of aryl methyl sites for hydroxylation is 1. The van der Waals surface area contributed by atoms with Crippen molar-refractivity contribution in [2.75, 3.05) is 0 Å². The molecule has 0 aliphatic rings. The van der Waals surface area contributed by atoms with Crippen LogP contribution in [-0.2, 0) is 17.9 Å². The third-order valence-corrected chi connectivity index (χ3v) is 2.58. The lowest BCUT2D eigenvalue weighted by atomic mass is 10.1. The van der Waals surface area contributed by atoms with Crippen LogP contribution in [0.15, 0.2) is 29.0 Å². The van der Waals surface area contributed by atoms with Gasteiger partial charge in [0.05, 0.1) is 24.7 Å². The molecular formula is C12H16N4O2. The minimum Gasteiger partial charge on any atom is -0.359 e. The molecular weight excluding hydrogens is 232 g/mol. The Bertz CT molecular complexity index is 504. The lowest BCUT2D eigenvalue weighted by Crippen LogP contribution is -2.31. The Morgan fingerprint density at radius 1 is 1.61 bits per heavy atom. The zero-order valence-electron chi connectivity index (χ0n) is 10.5. The van der Waals surface area contributed by atoms with Gasteiger partial charge in [0.15, 0.2) is 5.76 Å². The average Bonchev–Trinajstić information content (AvgIpc) is 2.97. The normalized spacial score (nSPS) is 12.3. The molecule has 0 aliphatic heterocycles. The highest BCUT2D eigenvalue weighted by Crippen LogP contribution is 2.03. The second kappa shape index (κ2) is 5.48. The number of carbonyl (C=O) groups is 1. The molecule has 0 saturated carbocycles. The van der Waals surface area contributed by atoms with Gasteiger partial charge in [-0.2, -0.15) is 5.10 Å². The van der Waals surface area contributed by atoms with Gasteiger partial charge in [-0.3, -0.25) is 9.48 Å². The molecule has 0 bridgehead atoms. The molecule has 0 radical (unpaired) electrons. The van der Waals surface area contributed by atoms with Gasteiger partial charge >= 0.3 is 0 Å². The quantitative estimate of drug-likeness (QED) is 0.861. The number of rotatable bonds is 5. The molecule has 1 N–H and O–H groups in total. The molecule has 96 valence electrons. The van der Waals surface area contributed by atoms with Crippen LogP contribution in [0, 0.1) is 12.8 Å². The molecule has 1 atom stereocenters. The summed E-state index contributed by atoms with van der Waals surface area (Å²) in [7, 11) is 0. The smallest absolute Gasteiger partial charge is 0.225 e. The van der Waals surface area contributed by atoms with Crippen LogP contribution >= 0.6 is 0 Å². The van der Waals surface area contributed by atoms with Gasteiger partial charge in [0.1, 0.15) is 0 Å². The standard InChI is InChI=1S/C12H16N4O2/c1-9(8-16-5-3-4-14-16)12(17)13-7-11-6-10(2)15-18-11/h3-6,9H,7-8H2,1-2H3,(H,13,17). The van der Waals surface area contributed by atoms with Crippen molar-refractivity contribution in [1.82, 2.24) is 20.3 Å². The molecule has 2 aromatic heterocycles. The van der Waals surface area contributed by atoms with Gasteiger partial charge in [-0.15, -0.1) is 0 Å². The Morgan fingerprint density at radius 3 is 3.06 bits per heavy atom. The van der Waals surface area contributed by atoms with Crippen LogP contribution in [-0.4, -0.2) is 20.8 Å². The number of hydrogen-bond acceptors (Lipinski definition) is 4. The fraction of sp³-hybridized carbons (Fsp3) is 0.417. The van der Waals surface area contributed by atoms with E-state index in [0.29, 0.717) is 18.8 Å². The molecule has 18 heavy (non-hydrogen) atoms. The molecule has 2 aromatic rings. The van der Waals surface area contributed by atoms with E-state index in [0.717, 1.165) is 5.69 Å². The van der Waals surface area contributed by atoms with E-state index < -0.39 is 0 Å². The van der Waals surface area contributed by atoms with Gasteiger partial charge in [0.25, 0.3) is 0 Å². The molecule has 0 fully saturated rings. The fourth-order valence-electron chi connectivity index (χ4n) is 1.62. The van der Waals surface area contributed by atoms with Gasteiger partial charge in [-0.1, -0.05) is 12.1 Å². The number of carbonyl (C=O) groups excluding carboxylic acids is 1. The van der Waals surface area contributed by atoms with E-state index in [2.05, 4.69) is 15.6 Å². The molecule has 0 saturated heterocycles. The summed E-state index contributed by atoms with van der Waals surface area (Å²) in [5.74, 6) is 0.487. The minimum absolute atomic E-state index is 0.0282. The van der Waals surface area contributed by atoms with Crippen molar-refractivity contribution in [2.24, 2.45) is 5.92 Å². The maximum Gasteiger partial charge on any atom is 0.225 e. The summed E-state index contributed by atoms with van der Waals surface area (Å²) in [6, 6.07) is 3.64. The molecule has 1 unspecified atom stereocenters. The number of amides is 1. The zero-order valence-corrected chi connectivity index (χ0v) is 10.5. The van der Waals surface area contributed by atoms with Crippen molar-refractivity contribution >= 4 is 5.91 Å². The molecule has 0 aliphatic carbocycles. The fourth-order valence-corrected chi connectivity index (χ4v) is 1.62. The number of nitrogens with one attached hydrogen (secondary N) is 1. The predicted octanol–water partition coefficient (Wildman–Crippen LogP) is 1.13. The lowest BCUT2D eigenvalue weighted by molar-refractivity contribution is -0.125. The summed E-state index contributed by atoms with van der Waals surface area (Å²) in [4.78, 5) is 11.8. The molecule has 2 heterocycles. The lowest BCUT2D eigenvalue weighted by Gasteiger charge is -2.11. The molecule has 2 rings (SSSR count). The highest BCUT2D eigenvalue weighted by atomic mass is 16.5. The first kappa shape index (κ1) is 12.3. The summed E-state index contributed by atoms with van der Waals surface area (Å²) in [5.41, 5.74) is 0.809. The van der Waals surface area contributed by atoms with E-state index in [1.807, 2.05) is 26.1 Å².